The van der Waals surface area contributed by atoms with Gasteiger partial charge in [0.05, 0.1) is 24.3 Å². The van der Waals surface area contributed by atoms with Gasteiger partial charge in [0.2, 0.25) is 0 Å². The summed E-state index contributed by atoms with van der Waals surface area (Å²) in [6.45, 7) is 0.0279. The highest BCUT2D eigenvalue weighted by Crippen LogP contribution is 2.38. The van der Waals surface area contributed by atoms with Crippen molar-refractivity contribution in [3.8, 4) is 0 Å². The van der Waals surface area contributed by atoms with Crippen LogP contribution in [0.1, 0.15) is 38.7 Å². The van der Waals surface area contributed by atoms with E-state index >= 15 is 0 Å². The highest BCUT2D eigenvalue weighted by atomic mass is 19.4. The average Bonchev–Trinajstić information content (AvgIpc) is 2.90. The van der Waals surface area contributed by atoms with Crippen molar-refractivity contribution in [2.45, 2.75) is 31.3 Å². The number of nitrogens with one attached hydrogen (secondary N) is 1. The van der Waals surface area contributed by atoms with Gasteiger partial charge < -0.3 is 19.7 Å². The van der Waals surface area contributed by atoms with Crippen molar-refractivity contribution in [3.05, 3.63) is 101 Å². The number of anilines is 1. The van der Waals surface area contributed by atoms with Crippen molar-refractivity contribution >= 4 is 11.6 Å². The molecule has 1 saturated heterocycles. The van der Waals surface area contributed by atoms with Crippen molar-refractivity contribution in [3.63, 3.8) is 0 Å². The minimum absolute atomic E-state index is 0.0779. The summed E-state index contributed by atoms with van der Waals surface area (Å²) >= 11 is 0. The molecule has 0 radical (unpaired) electrons. The van der Waals surface area contributed by atoms with Gasteiger partial charge in [-0.2, -0.15) is 26.3 Å². The number of carbonyl (C=O) groups is 1. The van der Waals surface area contributed by atoms with Gasteiger partial charge >= 0.3 is 12.4 Å². The van der Waals surface area contributed by atoms with Crippen LogP contribution in [-0.4, -0.2) is 32.4 Å². The van der Waals surface area contributed by atoms with Gasteiger partial charge in [0.25, 0.3) is 5.91 Å². The number of alkyl halides is 6. The van der Waals surface area contributed by atoms with Crippen LogP contribution in [0, 0.1) is 0 Å². The Morgan fingerprint density at radius 2 is 1.61 bits per heavy atom. The van der Waals surface area contributed by atoms with Crippen LogP contribution in [-0.2, 0) is 28.4 Å². The van der Waals surface area contributed by atoms with Crippen LogP contribution < -0.4 is 10.2 Å². The maximum Gasteiger partial charge on any atom is 0.416 e. The molecule has 2 atom stereocenters. The molecular weight excluding hydrogens is 514 g/mol. The summed E-state index contributed by atoms with van der Waals surface area (Å²) in [7, 11) is 1.51. The molecule has 0 bridgehead atoms. The molecule has 202 valence electrons. The van der Waals surface area contributed by atoms with Crippen LogP contribution in [0.4, 0.5) is 32.0 Å². The van der Waals surface area contributed by atoms with E-state index in [1.165, 1.54) is 7.05 Å². The number of hydrogen-bond donors (Lipinski definition) is 1. The minimum Gasteiger partial charge on any atom is -0.357 e. The predicted molar refractivity (Wildman–Crippen MR) is 127 cm³/mol. The van der Waals surface area contributed by atoms with Gasteiger partial charge in [-0.25, -0.2) is 0 Å². The number of nitrogens with zero attached hydrogens (tertiary/aromatic N) is 1. The molecule has 5 nitrogen and oxygen atoms in total. The third kappa shape index (κ3) is 6.28. The second-order valence-electron chi connectivity index (χ2n) is 8.64. The van der Waals surface area contributed by atoms with E-state index < -0.39 is 42.4 Å². The zero-order valence-electron chi connectivity index (χ0n) is 20.1. The number of ether oxygens (including phenoxy) is 2. The molecule has 1 fully saturated rings. The third-order valence-corrected chi connectivity index (χ3v) is 6.08. The van der Waals surface area contributed by atoms with Crippen molar-refractivity contribution in [1.29, 1.82) is 0 Å². The second kappa shape index (κ2) is 11.0. The molecule has 3 aromatic carbocycles. The van der Waals surface area contributed by atoms with Crippen molar-refractivity contribution in [2.75, 3.05) is 25.1 Å². The molecule has 0 spiro atoms. The summed E-state index contributed by atoms with van der Waals surface area (Å²) in [6, 6.07) is 16.6. The first-order valence-corrected chi connectivity index (χ1v) is 11.6. The zero-order valence-corrected chi connectivity index (χ0v) is 20.1. The SMILES string of the molecule is CNC(=O)c1cccc(N2CCO[C@H](OCc3cc(C(F)(F)F)cc(C(F)(F)F)c3)[C@H]2c2ccccc2)c1. The van der Waals surface area contributed by atoms with E-state index in [9.17, 15) is 31.1 Å². The number of morpholine rings is 1. The maximum absolute atomic E-state index is 13.3. The van der Waals surface area contributed by atoms with Crippen LogP contribution in [0.2, 0.25) is 0 Å². The summed E-state index contributed by atoms with van der Waals surface area (Å²) in [6.07, 6.45) is -11.0. The fourth-order valence-corrected chi connectivity index (χ4v) is 4.31. The van der Waals surface area contributed by atoms with Gasteiger partial charge in [-0.05, 0) is 47.5 Å². The van der Waals surface area contributed by atoms with Gasteiger partial charge in [0.1, 0.15) is 6.04 Å². The van der Waals surface area contributed by atoms with Gasteiger partial charge in [-0.1, -0.05) is 36.4 Å². The van der Waals surface area contributed by atoms with E-state index in [0.717, 1.165) is 5.56 Å². The molecule has 0 aliphatic carbocycles. The van der Waals surface area contributed by atoms with Gasteiger partial charge in [0.15, 0.2) is 6.29 Å². The predicted octanol–water partition coefficient (Wildman–Crippen LogP) is 6.20. The third-order valence-electron chi connectivity index (χ3n) is 6.08. The van der Waals surface area contributed by atoms with Gasteiger partial charge in [0, 0.05) is 24.8 Å². The number of benzene rings is 3. The fourth-order valence-electron chi connectivity index (χ4n) is 4.31. The van der Waals surface area contributed by atoms with Crippen LogP contribution in [0.25, 0.3) is 0 Å². The molecule has 0 aromatic heterocycles. The largest absolute Gasteiger partial charge is 0.416 e. The molecule has 38 heavy (non-hydrogen) atoms. The molecule has 0 saturated carbocycles. The Bertz CT molecular complexity index is 1230. The normalized spacial score (nSPS) is 18.3. The van der Waals surface area contributed by atoms with E-state index in [-0.39, 0.29) is 24.1 Å². The minimum atomic E-state index is -4.96. The smallest absolute Gasteiger partial charge is 0.357 e. The number of hydrogen-bond acceptors (Lipinski definition) is 4. The lowest BCUT2D eigenvalue weighted by molar-refractivity contribution is -0.175. The lowest BCUT2D eigenvalue weighted by atomic mass is 10.0. The first kappa shape index (κ1) is 27.5. The molecule has 1 N–H and O–H groups in total. The topological polar surface area (TPSA) is 50.8 Å². The van der Waals surface area contributed by atoms with Crippen molar-refractivity contribution < 1.29 is 40.6 Å². The first-order chi connectivity index (χ1) is 18.0. The molecule has 1 aliphatic rings. The molecule has 0 unspecified atom stereocenters. The lowest BCUT2D eigenvalue weighted by Crippen LogP contribution is -2.46. The molecule has 4 rings (SSSR count). The van der Waals surface area contributed by atoms with Gasteiger partial charge in [-0.3, -0.25) is 4.79 Å². The summed E-state index contributed by atoms with van der Waals surface area (Å²) in [5.74, 6) is -0.283. The number of amides is 1. The van der Waals surface area contributed by atoms with E-state index in [1.807, 2.05) is 17.0 Å². The summed E-state index contributed by atoms with van der Waals surface area (Å²) in [4.78, 5) is 14.1. The highest BCUT2D eigenvalue weighted by Gasteiger charge is 2.38. The van der Waals surface area contributed by atoms with Crippen molar-refractivity contribution in [2.24, 2.45) is 0 Å². The molecule has 1 aliphatic heterocycles. The van der Waals surface area contributed by atoms with Gasteiger partial charge in [-0.15, -0.1) is 0 Å². The fraction of sp³-hybridized carbons (Fsp3) is 0.296. The number of halogens is 6. The van der Waals surface area contributed by atoms with E-state index in [1.54, 1.807) is 42.5 Å². The van der Waals surface area contributed by atoms with Crippen LogP contribution in [0.5, 0.6) is 0 Å². The molecule has 1 amide bonds. The van der Waals surface area contributed by atoms with Crippen LogP contribution in [0.3, 0.4) is 0 Å². The first-order valence-electron chi connectivity index (χ1n) is 11.6. The van der Waals surface area contributed by atoms with E-state index in [2.05, 4.69) is 5.32 Å². The Morgan fingerprint density at radius 3 is 2.21 bits per heavy atom. The monoisotopic (exact) mass is 538 g/mol. The Kier molecular flexibility index (Phi) is 7.98. The summed E-state index contributed by atoms with van der Waals surface area (Å²) < 4.78 is 91.5. The Balaban J connectivity index is 1.66. The second-order valence-corrected chi connectivity index (χ2v) is 8.64. The van der Waals surface area contributed by atoms with E-state index in [4.69, 9.17) is 9.47 Å². The maximum atomic E-state index is 13.3. The number of carbonyl (C=O) groups excluding carboxylic acids is 1. The lowest BCUT2D eigenvalue weighted by Gasteiger charge is -2.42. The Hall–Kier alpha value is -3.57. The molecule has 11 heteroatoms. The summed E-state index contributed by atoms with van der Waals surface area (Å²) in [5, 5.41) is 2.56. The Labute approximate surface area is 215 Å². The zero-order chi connectivity index (χ0) is 27.5. The number of rotatable bonds is 6. The standard InChI is InChI=1S/C27H24F6N2O3/c1-34-24(36)19-8-5-9-22(14-19)35-10-11-37-25(23(35)18-6-3-2-4-7-18)38-16-17-12-20(26(28,29)30)15-21(13-17)27(31,32)33/h2-9,12-15,23,25H,10-11,16H2,1H3,(H,34,36)/t23-,25-/m1/s1. The summed E-state index contributed by atoms with van der Waals surface area (Å²) in [5.41, 5.74) is -1.27. The highest BCUT2D eigenvalue weighted by molar-refractivity contribution is 5.94. The Morgan fingerprint density at radius 1 is 0.947 bits per heavy atom. The van der Waals surface area contributed by atoms with Crippen LogP contribution in [0.15, 0.2) is 72.8 Å². The average molecular weight is 538 g/mol. The quantitative estimate of drug-likeness (QED) is 0.380. The van der Waals surface area contributed by atoms with Crippen LogP contribution >= 0.6 is 0 Å². The molecule has 1 heterocycles. The molecule has 3 aromatic rings. The molecular formula is C27H24F6N2O3. The van der Waals surface area contributed by atoms with Crippen molar-refractivity contribution in [1.82, 2.24) is 5.32 Å². The van der Waals surface area contributed by atoms with E-state index in [0.29, 0.717) is 29.9 Å².